The Morgan fingerprint density at radius 2 is 2.20 bits per heavy atom. The quantitative estimate of drug-likeness (QED) is 0.584. The third-order valence-electron chi connectivity index (χ3n) is 3.77. The van der Waals surface area contributed by atoms with E-state index in [1.54, 1.807) is 13.1 Å². The van der Waals surface area contributed by atoms with Crippen LogP contribution >= 0.6 is 0 Å². The number of nitrogens with one attached hydrogen (secondary N) is 1. The number of nitrogens with zero attached hydrogens (tertiary/aromatic N) is 2. The average molecular weight is 277 g/mol. The van der Waals surface area contributed by atoms with Crippen molar-refractivity contribution in [3.63, 3.8) is 0 Å². The van der Waals surface area contributed by atoms with Gasteiger partial charge < -0.3 is 5.32 Å². The molecule has 0 heterocycles. The van der Waals surface area contributed by atoms with Crippen LogP contribution in [-0.2, 0) is 6.54 Å². The van der Waals surface area contributed by atoms with Crippen LogP contribution in [0.1, 0.15) is 38.2 Å². The van der Waals surface area contributed by atoms with Crippen LogP contribution in [0, 0.1) is 10.1 Å². The molecule has 5 nitrogen and oxygen atoms in total. The fourth-order valence-electron chi connectivity index (χ4n) is 2.47. The Morgan fingerprint density at radius 1 is 1.45 bits per heavy atom. The Hall–Kier alpha value is -1.62. The van der Waals surface area contributed by atoms with Crippen molar-refractivity contribution in [3.8, 4) is 0 Å². The van der Waals surface area contributed by atoms with Crippen molar-refractivity contribution in [1.82, 2.24) is 4.90 Å². The molecular formula is C15H23N3O2. The third kappa shape index (κ3) is 3.70. The number of hydrogen-bond acceptors (Lipinski definition) is 4. The number of nitro groups is 1. The van der Waals surface area contributed by atoms with E-state index in [0.717, 1.165) is 24.7 Å². The van der Waals surface area contributed by atoms with Gasteiger partial charge in [0.15, 0.2) is 0 Å². The van der Waals surface area contributed by atoms with Crippen LogP contribution < -0.4 is 5.32 Å². The van der Waals surface area contributed by atoms with Crippen LogP contribution in [0.15, 0.2) is 18.2 Å². The lowest BCUT2D eigenvalue weighted by molar-refractivity contribution is -0.384. The van der Waals surface area contributed by atoms with Crippen molar-refractivity contribution >= 4 is 11.4 Å². The van der Waals surface area contributed by atoms with Crippen molar-refractivity contribution in [2.24, 2.45) is 0 Å². The molecule has 1 saturated carbocycles. The summed E-state index contributed by atoms with van der Waals surface area (Å²) in [5, 5.41) is 13.8. The second kappa shape index (κ2) is 6.70. The lowest BCUT2D eigenvalue weighted by atomic mass is 10.1. The van der Waals surface area contributed by atoms with Gasteiger partial charge in [-0.3, -0.25) is 15.0 Å². The fraction of sp³-hybridized carbons (Fsp3) is 0.600. The first-order valence-corrected chi connectivity index (χ1v) is 7.34. The number of anilines is 1. The zero-order chi connectivity index (χ0) is 14.5. The van der Waals surface area contributed by atoms with E-state index in [0.29, 0.717) is 5.69 Å². The lowest BCUT2D eigenvalue weighted by Gasteiger charge is -2.22. The fourth-order valence-corrected chi connectivity index (χ4v) is 2.47. The summed E-state index contributed by atoms with van der Waals surface area (Å²) in [5.41, 5.74) is 1.88. The molecular weight excluding hydrogens is 254 g/mol. The number of unbranched alkanes of at least 4 members (excludes halogenated alkanes) is 1. The van der Waals surface area contributed by atoms with Crippen LogP contribution in [0.25, 0.3) is 0 Å². The number of hydrogen-bond donors (Lipinski definition) is 1. The van der Waals surface area contributed by atoms with Crippen molar-refractivity contribution in [1.29, 1.82) is 0 Å². The molecule has 0 spiro atoms. The zero-order valence-corrected chi connectivity index (χ0v) is 12.3. The maximum absolute atomic E-state index is 10.9. The molecule has 0 aromatic heterocycles. The average Bonchev–Trinajstić information content (AvgIpc) is 3.27. The molecule has 1 N–H and O–H groups in total. The third-order valence-corrected chi connectivity index (χ3v) is 3.77. The van der Waals surface area contributed by atoms with Gasteiger partial charge in [0.2, 0.25) is 0 Å². The standard InChI is InChI=1S/C15H23N3O2/c1-3-4-9-17(13-6-7-13)11-12-5-8-15(18(19)20)14(10-12)16-2/h5,8,10,13,16H,3-4,6-7,9,11H2,1-2H3. The number of benzene rings is 1. The van der Waals surface area contributed by atoms with Crippen molar-refractivity contribution in [2.45, 2.75) is 45.2 Å². The summed E-state index contributed by atoms with van der Waals surface area (Å²) in [6, 6.07) is 6.10. The summed E-state index contributed by atoms with van der Waals surface area (Å²) in [5.74, 6) is 0. The van der Waals surface area contributed by atoms with Gasteiger partial charge in [0.1, 0.15) is 5.69 Å². The molecule has 0 radical (unpaired) electrons. The number of rotatable bonds is 8. The maximum atomic E-state index is 10.9. The molecule has 2 rings (SSSR count). The number of nitro benzene ring substituents is 1. The lowest BCUT2D eigenvalue weighted by Crippen LogP contribution is -2.26. The van der Waals surface area contributed by atoms with Crippen molar-refractivity contribution in [2.75, 3.05) is 18.9 Å². The Labute approximate surface area is 120 Å². The molecule has 20 heavy (non-hydrogen) atoms. The summed E-state index contributed by atoms with van der Waals surface area (Å²) < 4.78 is 0. The van der Waals surface area contributed by atoms with Gasteiger partial charge in [-0.1, -0.05) is 19.4 Å². The molecule has 0 bridgehead atoms. The first-order chi connectivity index (χ1) is 9.65. The molecule has 0 aliphatic heterocycles. The minimum Gasteiger partial charge on any atom is -0.383 e. The monoisotopic (exact) mass is 277 g/mol. The molecule has 1 aromatic carbocycles. The Balaban J connectivity index is 2.09. The van der Waals surface area contributed by atoms with Crippen molar-refractivity contribution < 1.29 is 4.92 Å². The highest BCUT2D eigenvalue weighted by Crippen LogP contribution is 2.30. The highest BCUT2D eigenvalue weighted by atomic mass is 16.6. The van der Waals surface area contributed by atoms with Crippen LogP contribution in [0.5, 0.6) is 0 Å². The SMILES string of the molecule is CCCCN(Cc1ccc([N+](=O)[O-])c(NC)c1)C1CC1. The Morgan fingerprint density at radius 3 is 2.75 bits per heavy atom. The molecule has 110 valence electrons. The van der Waals surface area contributed by atoms with Crippen LogP contribution in [0.2, 0.25) is 0 Å². The summed E-state index contributed by atoms with van der Waals surface area (Å²) in [6.07, 6.45) is 4.98. The Bertz CT molecular complexity index is 472. The van der Waals surface area contributed by atoms with Gasteiger partial charge in [0.05, 0.1) is 4.92 Å². The molecule has 0 unspecified atom stereocenters. The van der Waals surface area contributed by atoms with E-state index < -0.39 is 0 Å². The van der Waals surface area contributed by atoms with Gasteiger partial charge in [-0.2, -0.15) is 0 Å². The van der Waals surface area contributed by atoms with E-state index in [9.17, 15) is 10.1 Å². The van der Waals surface area contributed by atoms with Gasteiger partial charge in [0, 0.05) is 25.7 Å². The maximum Gasteiger partial charge on any atom is 0.292 e. The van der Waals surface area contributed by atoms with E-state index in [1.807, 2.05) is 12.1 Å². The van der Waals surface area contributed by atoms with Crippen molar-refractivity contribution in [3.05, 3.63) is 33.9 Å². The molecule has 0 atom stereocenters. The molecule has 1 aliphatic carbocycles. The molecule has 0 amide bonds. The van der Waals surface area contributed by atoms with Gasteiger partial charge in [0.25, 0.3) is 5.69 Å². The van der Waals surface area contributed by atoms with E-state index in [2.05, 4.69) is 17.1 Å². The first kappa shape index (κ1) is 14.8. The predicted molar refractivity (Wildman–Crippen MR) is 81.0 cm³/mol. The largest absolute Gasteiger partial charge is 0.383 e. The predicted octanol–water partition coefficient (Wildman–Crippen LogP) is 3.40. The summed E-state index contributed by atoms with van der Waals surface area (Å²) >= 11 is 0. The van der Waals surface area contributed by atoms with Crippen LogP contribution in [-0.4, -0.2) is 29.5 Å². The van der Waals surface area contributed by atoms with Gasteiger partial charge in [-0.05, 0) is 37.4 Å². The highest BCUT2D eigenvalue weighted by Gasteiger charge is 2.28. The topological polar surface area (TPSA) is 58.4 Å². The molecule has 1 aliphatic rings. The molecule has 1 fully saturated rings. The van der Waals surface area contributed by atoms with Gasteiger partial charge in [-0.25, -0.2) is 0 Å². The minimum atomic E-state index is -0.342. The molecule has 1 aromatic rings. The summed E-state index contributed by atoms with van der Waals surface area (Å²) in [7, 11) is 1.72. The summed E-state index contributed by atoms with van der Waals surface area (Å²) in [4.78, 5) is 13.1. The summed E-state index contributed by atoms with van der Waals surface area (Å²) in [6.45, 7) is 4.21. The van der Waals surface area contributed by atoms with E-state index in [1.165, 1.54) is 25.7 Å². The van der Waals surface area contributed by atoms with E-state index in [4.69, 9.17) is 0 Å². The highest BCUT2D eigenvalue weighted by molar-refractivity contribution is 5.62. The Kier molecular flexibility index (Phi) is 4.95. The first-order valence-electron chi connectivity index (χ1n) is 7.34. The van der Waals surface area contributed by atoms with Gasteiger partial charge >= 0.3 is 0 Å². The zero-order valence-electron chi connectivity index (χ0n) is 12.3. The molecule has 0 saturated heterocycles. The smallest absolute Gasteiger partial charge is 0.292 e. The van der Waals surface area contributed by atoms with E-state index in [-0.39, 0.29) is 10.6 Å². The minimum absolute atomic E-state index is 0.141. The second-order valence-corrected chi connectivity index (χ2v) is 5.41. The van der Waals surface area contributed by atoms with Crippen LogP contribution in [0.3, 0.4) is 0 Å². The second-order valence-electron chi connectivity index (χ2n) is 5.41. The van der Waals surface area contributed by atoms with Gasteiger partial charge in [-0.15, -0.1) is 0 Å². The van der Waals surface area contributed by atoms with Crippen LogP contribution in [0.4, 0.5) is 11.4 Å². The normalized spacial score (nSPS) is 14.6. The van der Waals surface area contributed by atoms with E-state index >= 15 is 0 Å². The molecule has 5 heteroatoms.